The van der Waals surface area contributed by atoms with E-state index in [-0.39, 0.29) is 12.5 Å². The summed E-state index contributed by atoms with van der Waals surface area (Å²) in [5, 5.41) is 5.94. The van der Waals surface area contributed by atoms with Crippen LogP contribution < -0.4 is 15.4 Å². The number of rotatable bonds is 7. The fraction of sp³-hybridized carbons (Fsp3) is 0.278. The quantitative estimate of drug-likeness (QED) is 0.773. The minimum atomic E-state index is -0.0464. The first-order valence-corrected chi connectivity index (χ1v) is 7.41. The van der Waals surface area contributed by atoms with Crippen LogP contribution in [0.4, 0.5) is 5.69 Å². The number of aryl methyl sites for hydroxylation is 2. The minimum Gasteiger partial charge on any atom is -0.492 e. The van der Waals surface area contributed by atoms with Gasteiger partial charge in [0.2, 0.25) is 5.91 Å². The summed E-state index contributed by atoms with van der Waals surface area (Å²) in [6.07, 6.45) is 0. The number of amides is 1. The molecule has 0 bridgehead atoms. The van der Waals surface area contributed by atoms with E-state index in [1.807, 2.05) is 48.5 Å². The molecule has 0 saturated heterocycles. The van der Waals surface area contributed by atoms with Crippen LogP contribution in [-0.2, 0) is 4.79 Å². The Labute approximate surface area is 131 Å². The van der Waals surface area contributed by atoms with Gasteiger partial charge in [-0.1, -0.05) is 24.3 Å². The Balaban J connectivity index is 1.64. The highest BCUT2D eigenvalue weighted by atomic mass is 16.5. The highest BCUT2D eigenvalue weighted by molar-refractivity contribution is 5.80. The zero-order valence-corrected chi connectivity index (χ0v) is 13.1. The number of hydrogen-bond acceptors (Lipinski definition) is 3. The molecule has 4 nitrogen and oxygen atoms in total. The zero-order valence-electron chi connectivity index (χ0n) is 13.1. The second-order valence-corrected chi connectivity index (χ2v) is 5.16. The van der Waals surface area contributed by atoms with E-state index < -0.39 is 0 Å². The molecular weight excluding hydrogens is 276 g/mol. The van der Waals surface area contributed by atoms with Gasteiger partial charge in [-0.2, -0.15) is 0 Å². The molecule has 2 aromatic rings. The monoisotopic (exact) mass is 298 g/mol. The molecule has 0 heterocycles. The second-order valence-electron chi connectivity index (χ2n) is 5.16. The first-order valence-electron chi connectivity index (χ1n) is 7.41. The van der Waals surface area contributed by atoms with Crippen LogP contribution in [-0.4, -0.2) is 25.6 Å². The number of carbonyl (C=O) groups is 1. The summed E-state index contributed by atoms with van der Waals surface area (Å²) in [7, 11) is 0. The maximum Gasteiger partial charge on any atom is 0.239 e. The highest BCUT2D eigenvalue weighted by Gasteiger charge is 2.02. The van der Waals surface area contributed by atoms with E-state index in [4.69, 9.17) is 4.74 Å². The second kappa shape index (κ2) is 8.08. The van der Waals surface area contributed by atoms with Gasteiger partial charge in [-0.3, -0.25) is 4.79 Å². The summed E-state index contributed by atoms with van der Waals surface area (Å²) in [6, 6.07) is 15.6. The van der Waals surface area contributed by atoms with Gasteiger partial charge >= 0.3 is 0 Å². The van der Waals surface area contributed by atoms with Crippen LogP contribution >= 0.6 is 0 Å². The molecule has 0 saturated carbocycles. The van der Waals surface area contributed by atoms with Crippen molar-refractivity contribution in [3.8, 4) is 5.75 Å². The van der Waals surface area contributed by atoms with Gasteiger partial charge < -0.3 is 15.4 Å². The van der Waals surface area contributed by atoms with E-state index in [9.17, 15) is 4.79 Å². The molecule has 0 aliphatic heterocycles. The molecule has 0 aromatic heterocycles. The molecule has 0 fully saturated rings. The third-order valence-corrected chi connectivity index (χ3v) is 3.40. The normalized spacial score (nSPS) is 10.1. The van der Waals surface area contributed by atoms with Gasteiger partial charge in [0.1, 0.15) is 12.4 Å². The van der Waals surface area contributed by atoms with Crippen molar-refractivity contribution in [1.82, 2.24) is 5.32 Å². The fourth-order valence-electron chi connectivity index (χ4n) is 1.97. The van der Waals surface area contributed by atoms with Crippen LogP contribution in [0.25, 0.3) is 0 Å². The molecule has 2 N–H and O–H groups in total. The smallest absolute Gasteiger partial charge is 0.239 e. The van der Waals surface area contributed by atoms with E-state index in [2.05, 4.69) is 24.5 Å². The summed E-state index contributed by atoms with van der Waals surface area (Å²) in [5.74, 6) is 0.764. The van der Waals surface area contributed by atoms with E-state index in [1.54, 1.807) is 0 Å². The average Bonchev–Trinajstić information content (AvgIpc) is 2.54. The number of hydrogen-bond donors (Lipinski definition) is 2. The van der Waals surface area contributed by atoms with Gasteiger partial charge in [-0.05, 0) is 49.2 Å². The van der Waals surface area contributed by atoms with Gasteiger partial charge in [0.05, 0.1) is 13.1 Å². The van der Waals surface area contributed by atoms with E-state index in [1.165, 1.54) is 11.1 Å². The van der Waals surface area contributed by atoms with Crippen molar-refractivity contribution in [2.24, 2.45) is 0 Å². The lowest BCUT2D eigenvalue weighted by Crippen LogP contribution is -2.33. The first kappa shape index (κ1) is 15.9. The molecule has 0 aliphatic rings. The number of para-hydroxylation sites is 1. The summed E-state index contributed by atoms with van der Waals surface area (Å²) in [4.78, 5) is 11.8. The van der Waals surface area contributed by atoms with Crippen LogP contribution in [0.15, 0.2) is 48.5 Å². The first-order chi connectivity index (χ1) is 10.6. The van der Waals surface area contributed by atoms with Crippen molar-refractivity contribution in [1.29, 1.82) is 0 Å². The number of benzene rings is 2. The Morgan fingerprint density at radius 2 is 1.82 bits per heavy atom. The Morgan fingerprint density at radius 3 is 2.55 bits per heavy atom. The van der Waals surface area contributed by atoms with E-state index >= 15 is 0 Å². The third kappa shape index (κ3) is 5.13. The van der Waals surface area contributed by atoms with Gasteiger partial charge in [0.15, 0.2) is 0 Å². The lowest BCUT2D eigenvalue weighted by Gasteiger charge is -2.10. The molecule has 2 aromatic carbocycles. The van der Waals surface area contributed by atoms with Crippen LogP contribution in [0, 0.1) is 13.8 Å². The molecule has 0 spiro atoms. The molecular formula is C18H22N2O2. The lowest BCUT2D eigenvalue weighted by atomic mass is 10.1. The summed E-state index contributed by atoms with van der Waals surface area (Å²) < 4.78 is 5.51. The molecule has 0 aliphatic carbocycles. The molecule has 0 unspecified atom stereocenters. The summed E-state index contributed by atoms with van der Waals surface area (Å²) in [5.41, 5.74) is 3.41. The third-order valence-electron chi connectivity index (χ3n) is 3.40. The highest BCUT2D eigenvalue weighted by Crippen LogP contribution is 2.13. The van der Waals surface area contributed by atoms with Crippen LogP contribution in [0.1, 0.15) is 11.1 Å². The van der Waals surface area contributed by atoms with Crippen LogP contribution in [0.2, 0.25) is 0 Å². The standard InChI is InChI=1S/C18H22N2O2/c1-14-8-9-16(12-15(14)2)20-13-18(21)19-10-11-22-17-6-4-3-5-7-17/h3-9,12,20H,10-11,13H2,1-2H3,(H,19,21). The van der Waals surface area contributed by atoms with Crippen LogP contribution in [0.5, 0.6) is 5.75 Å². The number of nitrogens with one attached hydrogen (secondary N) is 2. The lowest BCUT2D eigenvalue weighted by molar-refractivity contribution is -0.119. The minimum absolute atomic E-state index is 0.0464. The fourth-order valence-corrected chi connectivity index (χ4v) is 1.97. The Kier molecular flexibility index (Phi) is 5.83. The van der Waals surface area contributed by atoms with Gasteiger partial charge in [-0.15, -0.1) is 0 Å². The SMILES string of the molecule is Cc1ccc(NCC(=O)NCCOc2ccccc2)cc1C. The Bertz CT molecular complexity index is 612. The van der Waals surface area contributed by atoms with Crippen molar-refractivity contribution >= 4 is 11.6 Å². The Hall–Kier alpha value is -2.49. The van der Waals surface area contributed by atoms with E-state index in [0.717, 1.165) is 11.4 Å². The average molecular weight is 298 g/mol. The maximum atomic E-state index is 11.8. The van der Waals surface area contributed by atoms with Crippen LogP contribution in [0.3, 0.4) is 0 Å². The molecule has 0 radical (unpaired) electrons. The van der Waals surface area contributed by atoms with Crippen molar-refractivity contribution in [2.75, 3.05) is 25.0 Å². The molecule has 0 atom stereocenters. The maximum absolute atomic E-state index is 11.8. The predicted octanol–water partition coefficient (Wildman–Crippen LogP) is 2.91. The molecule has 2 rings (SSSR count). The zero-order chi connectivity index (χ0) is 15.8. The van der Waals surface area contributed by atoms with Gasteiger partial charge in [0.25, 0.3) is 0 Å². The molecule has 22 heavy (non-hydrogen) atoms. The summed E-state index contributed by atoms with van der Waals surface area (Å²) in [6.45, 7) is 5.33. The van der Waals surface area contributed by atoms with Crippen molar-refractivity contribution in [3.05, 3.63) is 59.7 Å². The molecule has 4 heteroatoms. The number of anilines is 1. The topological polar surface area (TPSA) is 50.4 Å². The number of ether oxygens (including phenoxy) is 1. The Morgan fingerprint density at radius 1 is 1.05 bits per heavy atom. The van der Waals surface area contributed by atoms with Gasteiger partial charge in [0, 0.05) is 5.69 Å². The van der Waals surface area contributed by atoms with Gasteiger partial charge in [-0.25, -0.2) is 0 Å². The number of carbonyl (C=O) groups excluding carboxylic acids is 1. The van der Waals surface area contributed by atoms with Crippen molar-refractivity contribution in [3.63, 3.8) is 0 Å². The van der Waals surface area contributed by atoms with E-state index in [0.29, 0.717) is 13.2 Å². The summed E-state index contributed by atoms with van der Waals surface area (Å²) >= 11 is 0. The molecule has 116 valence electrons. The van der Waals surface area contributed by atoms with Crippen molar-refractivity contribution < 1.29 is 9.53 Å². The predicted molar refractivity (Wildman–Crippen MR) is 89.4 cm³/mol. The molecule has 1 amide bonds. The van der Waals surface area contributed by atoms with Crippen molar-refractivity contribution in [2.45, 2.75) is 13.8 Å². The largest absolute Gasteiger partial charge is 0.492 e.